The van der Waals surface area contributed by atoms with E-state index < -0.39 is 5.92 Å². The van der Waals surface area contributed by atoms with Crippen LogP contribution in [0.2, 0.25) is 0 Å². The lowest BCUT2D eigenvalue weighted by Gasteiger charge is -2.43. The van der Waals surface area contributed by atoms with Gasteiger partial charge in [0.25, 0.3) is 0 Å². The first kappa shape index (κ1) is 25.9. The second-order valence-corrected chi connectivity index (χ2v) is 12.1. The Bertz CT molecular complexity index is 1380. The van der Waals surface area contributed by atoms with Crippen LogP contribution in [0.5, 0.6) is 5.75 Å². The first-order valence-corrected chi connectivity index (χ1v) is 13.0. The van der Waals surface area contributed by atoms with Gasteiger partial charge in [-0.05, 0) is 41.2 Å². The molecule has 2 aliphatic carbocycles. The molecule has 198 valence electrons. The van der Waals surface area contributed by atoms with Crippen molar-refractivity contribution in [2.45, 2.75) is 66.2 Å². The quantitative estimate of drug-likeness (QED) is 0.529. The lowest BCUT2D eigenvalue weighted by molar-refractivity contribution is -0.120. The van der Waals surface area contributed by atoms with Gasteiger partial charge < -0.3 is 14.8 Å². The number of nitrogens with zero attached hydrogens (tertiary/aromatic N) is 1. The zero-order valence-electron chi connectivity index (χ0n) is 22.9. The van der Waals surface area contributed by atoms with Gasteiger partial charge in [-0.15, -0.1) is 0 Å². The van der Waals surface area contributed by atoms with E-state index in [1.165, 1.54) is 6.92 Å². The Morgan fingerprint density at radius 2 is 1.55 bits per heavy atom. The molecule has 2 heterocycles. The van der Waals surface area contributed by atoms with E-state index in [0.717, 1.165) is 11.1 Å². The Morgan fingerprint density at radius 1 is 0.947 bits per heavy atom. The molecule has 7 nitrogen and oxygen atoms in total. The van der Waals surface area contributed by atoms with Gasteiger partial charge in [-0.1, -0.05) is 33.8 Å². The van der Waals surface area contributed by atoms with Crippen molar-refractivity contribution in [2.24, 2.45) is 10.8 Å². The summed E-state index contributed by atoms with van der Waals surface area (Å²) < 4.78 is 12.2. The van der Waals surface area contributed by atoms with Gasteiger partial charge in [-0.3, -0.25) is 14.4 Å². The van der Waals surface area contributed by atoms with Crippen LogP contribution >= 0.6 is 0 Å². The van der Waals surface area contributed by atoms with Crippen molar-refractivity contribution in [2.75, 3.05) is 12.4 Å². The molecule has 38 heavy (non-hydrogen) atoms. The minimum absolute atomic E-state index is 0.00340. The number of amides is 1. The van der Waals surface area contributed by atoms with Gasteiger partial charge in [0.2, 0.25) is 5.91 Å². The van der Waals surface area contributed by atoms with Crippen LogP contribution in [0, 0.1) is 10.8 Å². The van der Waals surface area contributed by atoms with Gasteiger partial charge in [-0.25, -0.2) is 4.98 Å². The topological polar surface area (TPSA) is 94.6 Å². The summed E-state index contributed by atoms with van der Waals surface area (Å²) in [5.74, 6) is 1.60. The highest BCUT2D eigenvalue weighted by Gasteiger charge is 2.48. The molecule has 1 aliphatic heterocycles. The number of ketones is 2. The number of ether oxygens (including phenoxy) is 2. The summed E-state index contributed by atoms with van der Waals surface area (Å²) in [5, 5.41) is 2.72. The molecule has 0 spiro atoms. The van der Waals surface area contributed by atoms with Crippen molar-refractivity contribution >= 4 is 23.3 Å². The third-order valence-corrected chi connectivity index (χ3v) is 7.47. The number of carbonyl (C=O) groups is 3. The molecule has 7 heteroatoms. The number of aromatic nitrogens is 1. The van der Waals surface area contributed by atoms with E-state index in [-0.39, 0.29) is 28.3 Å². The number of methoxy groups -OCH3 is 1. The number of benzene rings is 1. The third-order valence-electron chi connectivity index (χ3n) is 7.47. The van der Waals surface area contributed by atoms with Gasteiger partial charge in [0, 0.05) is 54.9 Å². The van der Waals surface area contributed by atoms with Gasteiger partial charge in [0.1, 0.15) is 23.1 Å². The molecule has 2 aromatic rings. The fourth-order valence-corrected chi connectivity index (χ4v) is 5.95. The zero-order valence-corrected chi connectivity index (χ0v) is 22.9. The van der Waals surface area contributed by atoms with Crippen molar-refractivity contribution in [1.29, 1.82) is 0 Å². The summed E-state index contributed by atoms with van der Waals surface area (Å²) >= 11 is 0. The molecule has 1 aromatic carbocycles. The summed E-state index contributed by atoms with van der Waals surface area (Å²) in [6, 6.07) is 11.1. The highest BCUT2D eigenvalue weighted by molar-refractivity contribution is 6.06. The number of hydrogen-bond acceptors (Lipinski definition) is 6. The Balaban J connectivity index is 1.71. The Morgan fingerprint density at radius 3 is 2.11 bits per heavy atom. The maximum Gasteiger partial charge on any atom is 0.222 e. The molecule has 0 unspecified atom stereocenters. The SMILES string of the molecule is COc1ccc(-c2cccc(NC(C)=O)n2)cc1C1C2=C(CC(C)(C)CC2=O)OC2=C1C(=O)CC(C)(C)C2. The molecular formula is C31H34N2O5. The number of carbonyl (C=O) groups excluding carboxylic acids is 3. The minimum Gasteiger partial charge on any atom is -0.496 e. The van der Waals surface area contributed by atoms with Crippen LogP contribution in [0.4, 0.5) is 5.82 Å². The smallest absolute Gasteiger partial charge is 0.222 e. The number of nitrogens with one attached hydrogen (secondary N) is 1. The number of pyridine rings is 1. The lowest BCUT2D eigenvalue weighted by Crippen LogP contribution is -2.37. The van der Waals surface area contributed by atoms with Crippen LogP contribution in [0.3, 0.4) is 0 Å². The Kier molecular flexibility index (Phi) is 6.28. The van der Waals surface area contributed by atoms with Crippen LogP contribution in [0.25, 0.3) is 11.3 Å². The normalized spacial score (nSPS) is 20.5. The van der Waals surface area contributed by atoms with E-state index in [2.05, 4.69) is 38.0 Å². The molecule has 0 saturated heterocycles. The van der Waals surface area contributed by atoms with E-state index in [1.807, 2.05) is 30.3 Å². The first-order chi connectivity index (χ1) is 17.9. The zero-order chi connectivity index (χ0) is 27.4. The molecule has 0 radical (unpaired) electrons. The second kappa shape index (κ2) is 9.22. The molecule has 0 fully saturated rings. The molecule has 5 rings (SSSR count). The highest BCUT2D eigenvalue weighted by atomic mass is 16.5. The average molecular weight is 515 g/mol. The molecule has 1 amide bonds. The van der Waals surface area contributed by atoms with Crippen LogP contribution in [0.15, 0.2) is 59.1 Å². The highest BCUT2D eigenvalue weighted by Crippen LogP contribution is 2.54. The summed E-state index contributed by atoms with van der Waals surface area (Å²) in [6.45, 7) is 9.72. The lowest BCUT2D eigenvalue weighted by atomic mass is 9.65. The predicted molar refractivity (Wildman–Crippen MR) is 144 cm³/mol. The van der Waals surface area contributed by atoms with Gasteiger partial charge in [0.15, 0.2) is 11.6 Å². The predicted octanol–water partition coefficient (Wildman–Crippen LogP) is 6.12. The van der Waals surface area contributed by atoms with Crippen molar-refractivity contribution in [3.63, 3.8) is 0 Å². The largest absolute Gasteiger partial charge is 0.496 e. The van der Waals surface area contributed by atoms with Gasteiger partial charge >= 0.3 is 0 Å². The molecule has 0 atom stereocenters. The second-order valence-electron chi connectivity index (χ2n) is 12.1. The summed E-state index contributed by atoms with van der Waals surface area (Å²) in [4.78, 5) is 43.5. The summed E-state index contributed by atoms with van der Waals surface area (Å²) in [7, 11) is 1.59. The summed E-state index contributed by atoms with van der Waals surface area (Å²) in [6.07, 6.45) is 2.02. The Hall–Kier alpha value is -3.74. The summed E-state index contributed by atoms with van der Waals surface area (Å²) in [5.41, 5.74) is 2.84. The van der Waals surface area contributed by atoms with Gasteiger partial charge in [0.05, 0.1) is 18.7 Å². The molecule has 0 bridgehead atoms. The minimum atomic E-state index is -0.575. The number of hydrogen-bond donors (Lipinski definition) is 1. The van der Waals surface area contributed by atoms with E-state index in [4.69, 9.17) is 9.47 Å². The number of Topliss-reactive ketones (excluding diaryl/α,β-unsaturated/α-hetero) is 2. The van der Waals surface area contributed by atoms with E-state index in [1.54, 1.807) is 13.2 Å². The van der Waals surface area contributed by atoms with Crippen LogP contribution < -0.4 is 10.1 Å². The van der Waals surface area contributed by atoms with Gasteiger partial charge in [-0.2, -0.15) is 0 Å². The van der Waals surface area contributed by atoms with Crippen LogP contribution in [0.1, 0.15) is 71.8 Å². The molecular weight excluding hydrogens is 480 g/mol. The molecule has 1 aromatic heterocycles. The number of rotatable bonds is 4. The number of anilines is 1. The average Bonchev–Trinajstić information content (AvgIpc) is 2.80. The molecule has 3 aliphatic rings. The van der Waals surface area contributed by atoms with Crippen LogP contribution in [-0.2, 0) is 19.1 Å². The standard InChI is InChI=1S/C31H34N2O5/c1-17(34)32-26-9-7-8-20(33-26)18-10-11-23(37-6)19(12-18)27-28-21(35)13-30(2,3)15-24(28)38-25-16-31(4,5)14-22(36)29(25)27/h7-12,27H,13-16H2,1-6H3,(H,32,33,34). The van der Waals surface area contributed by atoms with E-state index in [0.29, 0.717) is 65.6 Å². The fourth-order valence-electron chi connectivity index (χ4n) is 5.95. The Labute approximate surface area is 223 Å². The molecule has 1 N–H and O–H groups in total. The molecule has 0 saturated carbocycles. The fraction of sp³-hybridized carbons (Fsp3) is 0.419. The van der Waals surface area contributed by atoms with E-state index in [9.17, 15) is 14.4 Å². The van der Waals surface area contributed by atoms with Crippen molar-refractivity contribution in [3.05, 3.63) is 64.6 Å². The number of allylic oxidation sites excluding steroid dienone is 4. The van der Waals surface area contributed by atoms with Crippen LogP contribution in [-0.4, -0.2) is 29.6 Å². The third kappa shape index (κ3) is 4.77. The van der Waals surface area contributed by atoms with E-state index >= 15 is 0 Å². The maximum absolute atomic E-state index is 13.7. The van der Waals surface area contributed by atoms with Crippen molar-refractivity contribution in [3.8, 4) is 17.0 Å². The maximum atomic E-state index is 13.7. The first-order valence-electron chi connectivity index (χ1n) is 13.0. The van der Waals surface area contributed by atoms with Crippen molar-refractivity contribution < 1.29 is 23.9 Å². The monoisotopic (exact) mass is 514 g/mol. The van der Waals surface area contributed by atoms with Crippen molar-refractivity contribution in [1.82, 2.24) is 4.98 Å².